The highest BCUT2D eigenvalue weighted by molar-refractivity contribution is 7.99. The quantitative estimate of drug-likeness (QED) is 0.888. The van der Waals surface area contributed by atoms with E-state index in [-0.39, 0.29) is 16.9 Å². The number of hydrogen-bond donors (Lipinski definition) is 1. The van der Waals surface area contributed by atoms with Gasteiger partial charge in [0.1, 0.15) is 5.82 Å². The summed E-state index contributed by atoms with van der Waals surface area (Å²) >= 11 is 7.79. The molecule has 1 N–H and O–H groups in total. The number of halogens is 2. The minimum atomic E-state index is -0.309. The first-order valence-electron chi connectivity index (χ1n) is 6.00. The Morgan fingerprint density at radius 3 is 2.88 bits per heavy atom. The Morgan fingerprint density at radius 1 is 1.47 bits per heavy atom. The molecule has 0 aromatic heterocycles. The maximum absolute atomic E-state index is 13.4. The number of fused-ring (bicyclic) bond motifs is 1. The van der Waals surface area contributed by atoms with E-state index in [0.717, 1.165) is 24.3 Å². The molecule has 1 heterocycles. The number of nitrogens with one attached hydrogen (secondary N) is 1. The van der Waals surface area contributed by atoms with Gasteiger partial charge in [-0.3, -0.25) is 0 Å². The van der Waals surface area contributed by atoms with Gasteiger partial charge in [-0.15, -0.1) is 0 Å². The summed E-state index contributed by atoms with van der Waals surface area (Å²) in [5.41, 5.74) is 2.25. The lowest BCUT2D eigenvalue weighted by molar-refractivity contribution is 0.512. The SMILES string of the molecule is CCNC1c2cc(Cl)c(F)cc2CSC1CC. The summed E-state index contributed by atoms with van der Waals surface area (Å²) in [4.78, 5) is 0. The second-order valence-corrected chi connectivity index (χ2v) is 5.89. The van der Waals surface area contributed by atoms with Crippen LogP contribution in [0.3, 0.4) is 0 Å². The average molecular weight is 274 g/mol. The van der Waals surface area contributed by atoms with Gasteiger partial charge in [-0.1, -0.05) is 25.4 Å². The molecule has 0 saturated carbocycles. The van der Waals surface area contributed by atoms with E-state index >= 15 is 0 Å². The fourth-order valence-corrected chi connectivity index (χ4v) is 3.81. The van der Waals surface area contributed by atoms with Crippen LogP contribution in [-0.2, 0) is 5.75 Å². The third kappa shape index (κ3) is 2.61. The molecule has 94 valence electrons. The van der Waals surface area contributed by atoms with Gasteiger partial charge in [0, 0.05) is 17.0 Å². The normalized spacial score (nSPS) is 23.5. The molecule has 4 heteroatoms. The summed E-state index contributed by atoms with van der Waals surface area (Å²) in [5, 5.41) is 4.26. The Labute approximate surface area is 111 Å². The molecular formula is C13H17ClFNS. The summed E-state index contributed by atoms with van der Waals surface area (Å²) < 4.78 is 13.4. The van der Waals surface area contributed by atoms with Gasteiger partial charge >= 0.3 is 0 Å². The van der Waals surface area contributed by atoms with Gasteiger partial charge in [0.25, 0.3) is 0 Å². The van der Waals surface area contributed by atoms with Crippen molar-refractivity contribution in [3.63, 3.8) is 0 Å². The third-order valence-electron chi connectivity index (χ3n) is 3.17. The van der Waals surface area contributed by atoms with Crippen LogP contribution in [-0.4, -0.2) is 11.8 Å². The zero-order valence-corrected chi connectivity index (χ0v) is 11.7. The minimum absolute atomic E-state index is 0.230. The topological polar surface area (TPSA) is 12.0 Å². The molecule has 0 saturated heterocycles. The first-order chi connectivity index (χ1) is 8.17. The van der Waals surface area contributed by atoms with Gasteiger partial charge in [0.2, 0.25) is 0 Å². The fourth-order valence-electron chi connectivity index (χ4n) is 2.33. The van der Waals surface area contributed by atoms with Gasteiger partial charge in [-0.2, -0.15) is 11.8 Å². The second kappa shape index (κ2) is 5.59. The van der Waals surface area contributed by atoms with Crippen LogP contribution in [0.4, 0.5) is 4.39 Å². The van der Waals surface area contributed by atoms with E-state index in [1.54, 1.807) is 12.1 Å². The van der Waals surface area contributed by atoms with Crippen LogP contribution < -0.4 is 5.32 Å². The number of hydrogen-bond acceptors (Lipinski definition) is 2. The van der Waals surface area contributed by atoms with Gasteiger partial charge in [0.15, 0.2) is 0 Å². The van der Waals surface area contributed by atoms with Gasteiger partial charge in [-0.25, -0.2) is 4.39 Å². The van der Waals surface area contributed by atoms with E-state index in [0.29, 0.717) is 5.25 Å². The number of rotatable bonds is 3. The largest absolute Gasteiger partial charge is 0.309 e. The lowest BCUT2D eigenvalue weighted by atomic mass is 9.96. The van der Waals surface area contributed by atoms with Crippen molar-refractivity contribution in [3.8, 4) is 0 Å². The standard InChI is InChI=1S/C13H17ClFNS/c1-3-12-13(16-4-2)9-6-10(14)11(15)5-8(9)7-17-12/h5-6,12-13,16H,3-4,7H2,1-2H3. The Bertz CT molecular complexity index is 411. The lowest BCUT2D eigenvalue weighted by Gasteiger charge is -2.33. The van der Waals surface area contributed by atoms with Crippen molar-refractivity contribution in [3.05, 3.63) is 34.1 Å². The summed E-state index contributed by atoms with van der Waals surface area (Å²) in [6, 6.07) is 3.67. The molecule has 1 nitrogen and oxygen atoms in total. The molecule has 17 heavy (non-hydrogen) atoms. The van der Waals surface area contributed by atoms with Crippen molar-refractivity contribution < 1.29 is 4.39 Å². The van der Waals surface area contributed by atoms with Crippen molar-refractivity contribution in [2.24, 2.45) is 0 Å². The van der Waals surface area contributed by atoms with Crippen LogP contribution in [0, 0.1) is 5.82 Å². The van der Waals surface area contributed by atoms with Gasteiger partial charge < -0.3 is 5.32 Å². The van der Waals surface area contributed by atoms with E-state index < -0.39 is 0 Å². The van der Waals surface area contributed by atoms with Crippen LogP contribution in [0.1, 0.15) is 37.4 Å². The fraction of sp³-hybridized carbons (Fsp3) is 0.538. The van der Waals surface area contributed by atoms with E-state index in [1.165, 1.54) is 5.56 Å². The molecule has 1 aromatic carbocycles. The van der Waals surface area contributed by atoms with Gasteiger partial charge in [0.05, 0.1) is 5.02 Å². The maximum atomic E-state index is 13.4. The maximum Gasteiger partial charge on any atom is 0.142 e. The molecule has 0 spiro atoms. The summed E-state index contributed by atoms with van der Waals surface area (Å²) in [6.07, 6.45) is 1.11. The smallest absolute Gasteiger partial charge is 0.142 e. The van der Waals surface area contributed by atoms with Crippen LogP contribution >= 0.6 is 23.4 Å². The molecule has 0 radical (unpaired) electrons. The highest BCUT2D eigenvalue weighted by Crippen LogP contribution is 2.40. The molecule has 2 rings (SSSR count). The van der Waals surface area contributed by atoms with Crippen LogP contribution in [0.15, 0.2) is 12.1 Å². The molecule has 0 fully saturated rings. The molecule has 2 atom stereocenters. The molecule has 2 unspecified atom stereocenters. The third-order valence-corrected chi connectivity index (χ3v) is 4.97. The van der Waals surface area contributed by atoms with Crippen molar-refractivity contribution in [1.29, 1.82) is 0 Å². The lowest BCUT2D eigenvalue weighted by Crippen LogP contribution is -2.33. The predicted octanol–water partition coefficient (Wildman–Crippen LogP) is 4.16. The highest BCUT2D eigenvalue weighted by Gasteiger charge is 2.29. The van der Waals surface area contributed by atoms with Crippen LogP contribution in [0.5, 0.6) is 0 Å². The van der Waals surface area contributed by atoms with Crippen molar-refractivity contribution >= 4 is 23.4 Å². The Kier molecular flexibility index (Phi) is 4.34. The Hall–Kier alpha value is -0.250. The number of benzene rings is 1. The Morgan fingerprint density at radius 2 is 2.24 bits per heavy atom. The van der Waals surface area contributed by atoms with E-state index in [2.05, 4.69) is 19.2 Å². The van der Waals surface area contributed by atoms with Crippen molar-refractivity contribution in [2.45, 2.75) is 37.3 Å². The second-order valence-electron chi connectivity index (χ2n) is 4.26. The first kappa shape index (κ1) is 13.2. The molecule has 1 aliphatic rings. The van der Waals surface area contributed by atoms with Crippen LogP contribution in [0.2, 0.25) is 5.02 Å². The van der Waals surface area contributed by atoms with E-state index in [1.807, 2.05) is 11.8 Å². The van der Waals surface area contributed by atoms with Crippen molar-refractivity contribution in [2.75, 3.05) is 6.54 Å². The highest BCUT2D eigenvalue weighted by atomic mass is 35.5. The summed E-state index contributed by atoms with van der Waals surface area (Å²) in [5.74, 6) is 0.570. The van der Waals surface area contributed by atoms with Crippen molar-refractivity contribution in [1.82, 2.24) is 5.32 Å². The molecule has 0 aliphatic carbocycles. The zero-order valence-electron chi connectivity index (χ0n) is 10.1. The minimum Gasteiger partial charge on any atom is -0.309 e. The molecular weight excluding hydrogens is 257 g/mol. The number of thioether (sulfide) groups is 1. The molecule has 0 bridgehead atoms. The van der Waals surface area contributed by atoms with Crippen LogP contribution in [0.25, 0.3) is 0 Å². The molecule has 1 aromatic rings. The Balaban J connectivity index is 2.40. The van der Waals surface area contributed by atoms with E-state index in [9.17, 15) is 4.39 Å². The predicted molar refractivity (Wildman–Crippen MR) is 73.2 cm³/mol. The monoisotopic (exact) mass is 273 g/mol. The summed E-state index contributed by atoms with van der Waals surface area (Å²) in [6.45, 7) is 5.20. The first-order valence-corrected chi connectivity index (χ1v) is 7.42. The van der Waals surface area contributed by atoms with E-state index in [4.69, 9.17) is 11.6 Å². The zero-order chi connectivity index (χ0) is 12.4. The summed E-state index contributed by atoms with van der Waals surface area (Å²) in [7, 11) is 0. The molecule has 1 aliphatic heterocycles. The van der Waals surface area contributed by atoms with Gasteiger partial charge in [-0.05, 0) is 36.2 Å². The molecule has 0 amide bonds. The average Bonchev–Trinajstić information content (AvgIpc) is 2.32.